The molecule has 4 rings (SSSR count). The van der Waals surface area contributed by atoms with Crippen molar-refractivity contribution in [3.63, 3.8) is 0 Å². The van der Waals surface area contributed by atoms with Crippen LogP contribution in [0.3, 0.4) is 0 Å². The van der Waals surface area contributed by atoms with Crippen LogP contribution in [-0.4, -0.2) is 46.9 Å². The molecule has 2 aromatic rings. The standard InChI is InChI=1S/C22H22N4O3/c1-3-11-26-18-14-25(13-16-8-4-5-10-23-16)21(27)19(18)20(24-22(26)28)15-7-6-9-17(12-15)29-2/h3-10,12,20H,1,11,13-14H2,2H3,(H,24,28)/t20-/m0/s1. The second kappa shape index (κ2) is 7.79. The first-order valence-electron chi connectivity index (χ1n) is 9.37. The van der Waals surface area contributed by atoms with Crippen molar-refractivity contribution in [1.29, 1.82) is 0 Å². The number of methoxy groups -OCH3 is 1. The van der Waals surface area contributed by atoms with E-state index >= 15 is 0 Å². The predicted molar refractivity (Wildman–Crippen MR) is 108 cm³/mol. The Morgan fingerprint density at radius 3 is 2.86 bits per heavy atom. The van der Waals surface area contributed by atoms with E-state index in [4.69, 9.17) is 4.74 Å². The first kappa shape index (κ1) is 18.7. The fraction of sp³-hybridized carbons (Fsp3) is 0.227. The van der Waals surface area contributed by atoms with E-state index in [0.717, 1.165) is 11.3 Å². The molecule has 29 heavy (non-hydrogen) atoms. The number of carbonyl (C=O) groups is 2. The fourth-order valence-corrected chi connectivity index (χ4v) is 3.76. The van der Waals surface area contributed by atoms with Gasteiger partial charge in [-0.3, -0.25) is 14.7 Å². The lowest BCUT2D eigenvalue weighted by Crippen LogP contribution is -2.47. The van der Waals surface area contributed by atoms with Crippen LogP contribution in [-0.2, 0) is 11.3 Å². The number of hydrogen-bond acceptors (Lipinski definition) is 4. The van der Waals surface area contributed by atoms with Crippen molar-refractivity contribution in [3.05, 3.63) is 83.8 Å². The van der Waals surface area contributed by atoms with Crippen molar-refractivity contribution in [2.24, 2.45) is 0 Å². The maximum absolute atomic E-state index is 13.3. The molecule has 0 saturated heterocycles. The van der Waals surface area contributed by atoms with Crippen molar-refractivity contribution < 1.29 is 14.3 Å². The van der Waals surface area contributed by atoms with Crippen LogP contribution in [0, 0.1) is 0 Å². The number of benzene rings is 1. The molecule has 0 bridgehead atoms. The Morgan fingerprint density at radius 1 is 1.28 bits per heavy atom. The van der Waals surface area contributed by atoms with E-state index in [1.54, 1.807) is 29.2 Å². The monoisotopic (exact) mass is 390 g/mol. The summed E-state index contributed by atoms with van der Waals surface area (Å²) in [6.45, 7) is 4.81. The number of rotatable bonds is 6. The van der Waals surface area contributed by atoms with Crippen LogP contribution in [0.1, 0.15) is 17.3 Å². The molecule has 0 fully saturated rings. The summed E-state index contributed by atoms with van der Waals surface area (Å²) in [5.74, 6) is 0.566. The van der Waals surface area contributed by atoms with Gasteiger partial charge in [-0.05, 0) is 29.8 Å². The third-order valence-corrected chi connectivity index (χ3v) is 5.11. The molecule has 1 aromatic heterocycles. The first-order valence-corrected chi connectivity index (χ1v) is 9.37. The largest absolute Gasteiger partial charge is 0.497 e. The first-order chi connectivity index (χ1) is 14.1. The van der Waals surface area contributed by atoms with Crippen molar-refractivity contribution >= 4 is 11.9 Å². The normalized spacial score (nSPS) is 18.6. The summed E-state index contributed by atoms with van der Waals surface area (Å²) >= 11 is 0. The van der Waals surface area contributed by atoms with Gasteiger partial charge in [0.25, 0.3) is 5.91 Å². The molecule has 1 N–H and O–H groups in total. The fourth-order valence-electron chi connectivity index (χ4n) is 3.76. The highest BCUT2D eigenvalue weighted by Crippen LogP contribution is 2.37. The molecule has 2 aliphatic heterocycles. The molecule has 0 spiro atoms. The number of ether oxygens (including phenoxy) is 1. The van der Waals surface area contributed by atoms with Gasteiger partial charge in [-0.1, -0.05) is 24.3 Å². The number of pyridine rings is 1. The zero-order valence-electron chi connectivity index (χ0n) is 16.2. The van der Waals surface area contributed by atoms with E-state index in [1.807, 2.05) is 42.5 Å². The Balaban J connectivity index is 1.72. The van der Waals surface area contributed by atoms with Gasteiger partial charge in [0.2, 0.25) is 0 Å². The molecule has 2 aliphatic rings. The lowest BCUT2D eigenvalue weighted by atomic mass is 9.95. The van der Waals surface area contributed by atoms with Crippen molar-refractivity contribution in [2.45, 2.75) is 12.6 Å². The number of carbonyl (C=O) groups excluding carboxylic acids is 2. The van der Waals surface area contributed by atoms with Gasteiger partial charge in [0.15, 0.2) is 0 Å². The second-order valence-electron chi connectivity index (χ2n) is 6.90. The topological polar surface area (TPSA) is 74.8 Å². The minimum atomic E-state index is -0.533. The molecule has 7 heteroatoms. The predicted octanol–water partition coefficient (Wildman–Crippen LogP) is 2.64. The highest BCUT2D eigenvalue weighted by Gasteiger charge is 2.43. The summed E-state index contributed by atoms with van der Waals surface area (Å²) in [5, 5.41) is 2.97. The Bertz CT molecular complexity index is 987. The lowest BCUT2D eigenvalue weighted by Gasteiger charge is -2.33. The van der Waals surface area contributed by atoms with Gasteiger partial charge in [0, 0.05) is 12.7 Å². The quantitative estimate of drug-likeness (QED) is 0.770. The van der Waals surface area contributed by atoms with Crippen molar-refractivity contribution in [1.82, 2.24) is 20.1 Å². The zero-order valence-corrected chi connectivity index (χ0v) is 16.2. The maximum atomic E-state index is 13.3. The van der Waals surface area contributed by atoms with Crippen LogP contribution in [0.4, 0.5) is 4.79 Å². The van der Waals surface area contributed by atoms with Crippen molar-refractivity contribution in [3.8, 4) is 5.75 Å². The second-order valence-corrected chi connectivity index (χ2v) is 6.90. The molecule has 0 unspecified atom stereocenters. The number of urea groups is 1. The van der Waals surface area contributed by atoms with Crippen LogP contribution in [0.15, 0.2) is 72.6 Å². The van der Waals surface area contributed by atoms with Gasteiger partial charge in [-0.15, -0.1) is 6.58 Å². The van der Waals surface area contributed by atoms with E-state index < -0.39 is 6.04 Å². The third-order valence-electron chi connectivity index (χ3n) is 5.11. The molecule has 1 atom stereocenters. The van der Waals surface area contributed by atoms with E-state index in [2.05, 4.69) is 16.9 Å². The van der Waals surface area contributed by atoms with Gasteiger partial charge in [-0.25, -0.2) is 4.79 Å². The molecule has 3 amide bonds. The Labute approximate surface area is 169 Å². The zero-order chi connectivity index (χ0) is 20.4. The minimum absolute atomic E-state index is 0.104. The van der Waals surface area contributed by atoms with Crippen LogP contribution < -0.4 is 10.1 Å². The summed E-state index contributed by atoms with van der Waals surface area (Å²) < 4.78 is 5.31. The van der Waals surface area contributed by atoms with Crippen LogP contribution in [0.2, 0.25) is 0 Å². The molecular formula is C22H22N4O3. The number of nitrogens with one attached hydrogen (secondary N) is 1. The molecule has 148 valence electrons. The summed E-state index contributed by atoms with van der Waals surface area (Å²) in [5.41, 5.74) is 2.89. The lowest BCUT2D eigenvalue weighted by molar-refractivity contribution is -0.126. The number of nitrogens with zero attached hydrogens (tertiary/aromatic N) is 3. The SMILES string of the molecule is C=CCN1C(=O)N[C@@H](c2cccc(OC)c2)C2=C1CN(Cc1ccccn1)C2=O. The van der Waals surface area contributed by atoms with Gasteiger partial charge in [0.1, 0.15) is 5.75 Å². The number of amides is 3. The Hall–Kier alpha value is -3.61. The van der Waals surface area contributed by atoms with E-state index in [1.165, 1.54) is 0 Å². The Kier molecular flexibility index (Phi) is 5.03. The molecule has 1 aromatic carbocycles. The molecular weight excluding hydrogens is 368 g/mol. The average Bonchev–Trinajstić information content (AvgIpc) is 3.07. The van der Waals surface area contributed by atoms with Crippen LogP contribution in [0.5, 0.6) is 5.75 Å². The molecule has 0 aliphatic carbocycles. The highest BCUT2D eigenvalue weighted by molar-refractivity contribution is 6.01. The van der Waals surface area contributed by atoms with Gasteiger partial charge in [0.05, 0.1) is 43.2 Å². The van der Waals surface area contributed by atoms with Gasteiger partial charge < -0.3 is 15.0 Å². The third kappa shape index (κ3) is 3.47. The van der Waals surface area contributed by atoms with E-state index in [-0.39, 0.29) is 11.9 Å². The minimum Gasteiger partial charge on any atom is -0.497 e. The van der Waals surface area contributed by atoms with Crippen LogP contribution >= 0.6 is 0 Å². The van der Waals surface area contributed by atoms with Crippen LogP contribution in [0.25, 0.3) is 0 Å². The molecule has 3 heterocycles. The van der Waals surface area contributed by atoms with Gasteiger partial charge in [-0.2, -0.15) is 0 Å². The highest BCUT2D eigenvalue weighted by atomic mass is 16.5. The number of hydrogen-bond donors (Lipinski definition) is 1. The summed E-state index contributed by atoms with van der Waals surface area (Å²) in [6.07, 6.45) is 3.36. The molecule has 0 radical (unpaired) electrons. The Morgan fingerprint density at radius 2 is 2.14 bits per heavy atom. The maximum Gasteiger partial charge on any atom is 0.322 e. The summed E-state index contributed by atoms with van der Waals surface area (Å²) in [6, 6.07) is 12.2. The number of aromatic nitrogens is 1. The van der Waals surface area contributed by atoms with E-state index in [9.17, 15) is 9.59 Å². The van der Waals surface area contributed by atoms with Gasteiger partial charge >= 0.3 is 6.03 Å². The smallest absolute Gasteiger partial charge is 0.322 e. The molecule has 0 saturated carbocycles. The van der Waals surface area contributed by atoms with Crippen molar-refractivity contribution in [2.75, 3.05) is 20.2 Å². The summed E-state index contributed by atoms with van der Waals surface area (Å²) in [7, 11) is 1.59. The van der Waals surface area contributed by atoms with E-state index in [0.29, 0.717) is 36.7 Å². The molecule has 7 nitrogen and oxygen atoms in total. The summed E-state index contributed by atoms with van der Waals surface area (Å²) in [4.78, 5) is 33.8. The average molecular weight is 390 g/mol.